The van der Waals surface area contributed by atoms with Gasteiger partial charge < -0.3 is 19.5 Å². The summed E-state index contributed by atoms with van der Waals surface area (Å²) in [5.41, 5.74) is 1.56. The van der Waals surface area contributed by atoms with Crippen LogP contribution in [0.25, 0.3) is 11.0 Å². The van der Waals surface area contributed by atoms with Crippen LogP contribution < -0.4 is 0 Å². The third-order valence-electron chi connectivity index (χ3n) is 6.30. The monoisotopic (exact) mass is 426 g/mol. The molecule has 0 bridgehead atoms. The number of ether oxygens (including phenoxy) is 1. The van der Waals surface area contributed by atoms with Crippen molar-refractivity contribution in [2.24, 2.45) is 5.92 Å². The number of H-pyrrole nitrogens is 1. The van der Waals surface area contributed by atoms with E-state index in [1.165, 1.54) is 0 Å². The molecule has 2 aromatic rings. The Morgan fingerprint density at radius 3 is 2.55 bits per heavy atom. The molecule has 0 saturated carbocycles. The fraction of sp³-hybridized carbons (Fsp3) is 0.625. The molecular formula is C24H34N4O3. The number of nitrogens with zero attached hydrogens (tertiary/aromatic N) is 3. The number of aromatic amines is 1. The summed E-state index contributed by atoms with van der Waals surface area (Å²) < 4.78 is 5.47. The van der Waals surface area contributed by atoms with Crippen LogP contribution in [0, 0.1) is 5.92 Å². The van der Waals surface area contributed by atoms with Crippen LogP contribution in [0.1, 0.15) is 64.6 Å². The third kappa shape index (κ3) is 5.38. The Bertz CT molecular complexity index is 891. The van der Waals surface area contributed by atoms with Crippen LogP contribution >= 0.6 is 0 Å². The highest BCUT2D eigenvalue weighted by atomic mass is 16.6. The second-order valence-electron chi connectivity index (χ2n) is 9.93. The van der Waals surface area contributed by atoms with Crippen molar-refractivity contribution in [3.63, 3.8) is 0 Å². The van der Waals surface area contributed by atoms with E-state index in [1.807, 2.05) is 49.9 Å². The Balaban J connectivity index is 1.28. The van der Waals surface area contributed by atoms with Gasteiger partial charge in [0, 0.05) is 38.5 Å². The Kier molecular flexibility index (Phi) is 6.21. The Morgan fingerprint density at radius 1 is 1.10 bits per heavy atom. The SMILES string of the molecule is CC(C)(C)OC(=O)N1CCC(CC(=O)N2CCCC(c3nc4ccccc4[nH]3)C2)CC1. The molecule has 2 aliphatic rings. The zero-order valence-electron chi connectivity index (χ0n) is 18.9. The molecule has 2 aliphatic heterocycles. The van der Waals surface area contributed by atoms with Crippen LogP contribution in [0.2, 0.25) is 0 Å². The lowest BCUT2D eigenvalue weighted by Crippen LogP contribution is -2.43. The van der Waals surface area contributed by atoms with E-state index in [0.29, 0.717) is 25.4 Å². The highest BCUT2D eigenvalue weighted by molar-refractivity contribution is 5.77. The summed E-state index contributed by atoms with van der Waals surface area (Å²) in [6.07, 6.45) is 4.08. The lowest BCUT2D eigenvalue weighted by molar-refractivity contribution is -0.133. The number of nitrogens with one attached hydrogen (secondary N) is 1. The third-order valence-corrected chi connectivity index (χ3v) is 6.30. The minimum atomic E-state index is -0.478. The molecular weight excluding hydrogens is 392 g/mol. The number of amides is 2. The van der Waals surface area contributed by atoms with Gasteiger partial charge in [0.15, 0.2) is 0 Å². The number of para-hydroxylation sites is 2. The molecule has 4 rings (SSSR count). The van der Waals surface area contributed by atoms with Gasteiger partial charge in [-0.15, -0.1) is 0 Å². The van der Waals surface area contributed by atoms with E-state index in [0.717, 1.165) is 55.6 Å². The lowest BCUT2D eigenvalue weighted by Gasteiger charge is -2.35. The maximum absolute atomic E-state index is 13.0. The van der Waals surface area contributed by atoms with E-state index in [1.54, 1.807) is 4.90 Å². The number of aromatic nitrogens is 2. The molecule has 0 spiro atoms. The number of imidazole rings is 1. The largest absolute Gasteiger partial charge is 0.444 e. The van der Waals surface area contributed by atoms with Crippen LogP contribution in [0.5, 0.6) is 0 Å². The molecule has 0 aliphatic carbocycles. The minimum absolute atomic E-state index is 0.233. The first-order valence-electron chi connectivity index (χ1n) is 11.5. The van der Waals surface area contributed by atoms with E-state index in [9.17, 15) is 9.59 Å². The average molecular weight is 427 g/mol. The van der Waals surface area contributed by atoms with Crippen molar-refractivity contribution >= 4 is 23.0 Å². The van der Waals surface area contributed by atoms with Gasteiger partial charge >= 0.3 is 6.09 Å². The second-order valence-corrected chi connectivity index (χ2v) is 9.93. The number of hydrogen-bond acceptors (Lipinski definition) is 4. The van der Waals surface area contributed by atoms with Gasteiger partial charge in [0.05, 0.1) is 11.0 Å². The van der Waals surface area contributed by atoms with Gasteiger partial charge in [-0.25, -0.2) is 9.78 Å². The van der Waals surface area contributed by atoms with Crippen LogP contribution in [-0.4, -0.2) is 63.5 Å². The van der Waals surface area contributed by atoms with Crippen LogP contribution in [0.3, 0.4) is 0 Å². The fourth-order valence-corrected chi connectivity index (χ4v) is 4.61. The molecule has 1 aromatic heterocycles. The topological polar surface area (TPSA) is 78.5 Å². The number of carbonyl (C=O) groups excluding carboxylic acids is 2. The Labute approximate surface area is 184 Å². The van der Waals surface area contributed by atoms with Crippen molar-refractivity contribution in [2.45, 2.75) is 64.4 Å². The smallest absolute Gasteiger partial charge is 0.410 e. The molecule has 2 saturated heterocycles. The normalized spacial score (nSPS) is 20.8. The molecule has 1 aromatic carbocycles. The van der Waals surface area contributed by atoms with Gasteiger partial charge in [0.1, 0.15) is 11.4 Å². The van der Waals surface area contributed by atoms with E-state index >= 15 is 0 Å². The average Bonchev–Trinajstić information content (AvgIpc) is 3.17. The number of fused-ring (bicyclic) bond motifs is 1. The molecule has 7 heteroatoms. The predicted octanol–water partition coefficient (Wildman–Crippen LogP) is 4.31. The van der Waals surface area contributed by atoms with E-state index in [-0.39, 0.29) is 17.9 Å². The van der Waals surface area contributed by atoms with Gasteiger partial charge in [0.25, 0.3) is 0 Å². The standard InChI is InChI=1S/C24H34N4O3/c1-24(2,3)31-23(30)27-13-10-17(11-14-27)15-21(29)28-12-6-7-18(16-28)22-25-19-8-4-5-9-20(19)26-22/h4-5,8-9,17-18H,6-7,10-16H2,1-3H3,(H,25,26). The number of likely N-dealkylation sites (tertiary alicyclic amines) is 2. The Hall–Kier alpha value is -2.57. The van der Waals surface area contributed by atoms with Gasteiger partial charge in [-0.3, -0.25) is 4.79 Å². The van der Waals surface area contributed by atoms with Crippen LogP contribution in [0.4, 0.5) is 4.79 Å². The summed E-state index contributed by atoms with van der Waals surface area (Å²) in [6.45, 7) is 8.53. The van der Waals surface area contributed by atoms with Crippen molar-refractivity contribution in [3.8, 4) is 0 Å². The summed E-state index contributed by atoms with van der Waals surface area (Å²) >= 11 is 0. The summed E-state index contributed by atoms with van der Waals surface area (Å²) in [6, 6.07) is 8.07. The summed E-state index contributed by atoms with van der Waals surface area (Å²) in [4.78, 5) is 37.2. The molecule has 1 N–H and O–H groups in total. The van der Waals surface area contributed by atoms with Crippen molar-refractivity contribution in [1.29, 1.82) is 0 Å². The number of piperidine rings is 2. The molecule has 1 unspecified atom stereocenters. The van der Waals surface area contributed by atoms with Crippen molar-refractivity contribution in [1.82, 2.24) is 19.8 Å². The van der Waals surface area contributed by atoms with Gasteiger partial charge in [-0.2, -0.15) is 0 Å². The molecule has 0 radical (unpaired) electrons. The number of carbonyl (C=O) groups is 2. The molecule has 2 fully saturated rings. The van der Waals surface area contributed by atoms with E-state index in [4.69, 9.17) is 9.72 Å². The van der Waals surface area contributed by atoms with E-state index in [2.05, 4.69) is 4.98 Å². The van der Waals surface area contributed by atoms with Crippen LogP contribution in [0.15, 0.2) is 24.3 Å². The predicted molar refractivity (Wildman–Crippen MR) is 120 cm³/mol. The maximum atomic E-state index is 13.0. The summed E-state index contributed by atoms with van der Waals surface area (Å²) in [7, 11) is 0. The van der Waals surface area contributed by atoms with Crippen molar-refractivity contribution < 1.29 is 14.3 Å². The number of rotatable bonds is 3. The number of benzene rings is 1. The highest BCUT2D eigenvalue weighted by Crippen LogP contribution is 2.29. The second kappa shape index (κ2) is 8.89. The molecule has 7 nitrogen and oxygen atoms in total. The first kappa shape index (κ1) is 21.7. The first-order valence-corrected chi connectivity index (χ1v) is 11.5. The summed E-state index contributed by atoms with van der Waals surface area (Å²) in [5.74, 6) is 1.82. The van der Waals surface area contributed by atoms with Gasteiger partial charge in [0.2, 0.25) is 5.91 Å². The summed E-state index contributed by atoms with van der Waals surface area (Å²) in [5, 5.41) is 0. The minimum Gasteiger partial charge on any atom is -0.444 e. The zero-order chi connectivity index (χ0) is 22.0. The zero-order valence-corrected chi connectivity index (χ0v) is 18.9. The van der Waals surface area contributed by atoms with Gasteiger partial charge in [-0.05, 0) is 64.5 Å². The number of hydrogen-bond donors (Lipinski definition) is 1. The van der Waals surface area contributed by atoms with E-state index < -0.39 is 5.60 Å². The highest BCUT2D eigenvalue weighted by Gasteiger charge is 2.31. The molecule has 168 valence electrons. The van der Waals surface area contributed by atoms with Gasteiger partial charge in [-0.1, -0.05) is 12.1 Å². The Morgan fingerprint density at radius 2 is 1.84 bits per heavy atom. The molecule has 31 heavy (non-hydrogen) atoms. The molecule has 3 heterocycles. The molecule has 1 atom stereocenters. The first-order chi connectivity index (χ1) is 14.8. The van der Waals surface area contributed by atoms with Crippen molar-refractivity contribution in [3.05, 3.63) is 30.1 Å². The molecule has 2 amide bonds. The fourth-order valence-electron chi connectivity index (χ4n) is 4.61. The quantitative estimate of drug-likeness (QED) is 0.793. The maximum Gasteiger partial charge on any atom is 0.410 e. The van der Waals surface area contributed by atoms with Crippen LogP contribution in [-0.2, 0) is 9.53 Å². The van der Waals surface area contributed by atoms with Crippen molar-refractivity contribution in [2.75, 3.05) is 26.2 Å². The lowest BCUT2D eigenvalue weighted by atomic mass is 9.91.